The Morgan fingerprint density at radius 2 is 1.37 bits per heavy atom. The van der Waals surface area contributed by atoms with Gasteiger partial charge in [0.05, 0.1) is 31.0 Å². The van der Waals surface area contributed by atoms with Gasteiger partial charge in [-0.3, -0.25) is 4.79 Å². The van der Waals surface area contributed by atoms with Crippen molar-refractivity contribution in [1.29, 1.82) is 0 Å². The van der Waals surface area contributed by atoms with Crippen molar-refractivity contribution in [1.82, 2.24) is 0 Å². The Hall–Kier alpha value is -0.810. The van der Waals surface area contributed by atoms with Crippen molar-refractivity contribution in [2.24, 2.45) is 56.7 Å². The van der Waals surface area contributed by atoms with Crippen LogP contribution in [0, 0.1) is 56.7 Å². The summed E-state index contributed by atoms with van der Waals surface area (Å²) < 4.78 is 25.0. The van der Waals surface area contributed by atoms with E-state index < -0.39 is 101 Å². The highest BCUT2D eigenvalue weighted by Crippen LogP contribution is 2.78. The maximum absolute atomic E-state index is 15.1. The summed E-state index contributed by atoms with van der Waals surface area (Å²) in [5.74, 6) is 0.0321. The van der Waals surface area contributed by atoms with Gasteiger partial charge in [0, 0.05) is 23.2 Å². The van der Waals surface area contributed by atoms with Crippen LogP contribution < -0.4 is 0 Å². The molecule has 2 saturated heterocycles. The van der Waals surface area contributed by atoms with Crippen LogP contribution in [0.25, 0.3) is 0 Å². The topological polar surface area (TPSA) is 216 Å². The van der Waals surface area contributed by atoms with Crippen molar-refractivity contribution < 1.29 is 64.6 Å². The Bertz CT molecular complexity index is 1420. The second-order valence-electron chi connectivity index (χ2n) is 20.7. The molecule has 0 amide bonds. The summed E-state index contributed by atoms with van der Waals surface area (Å²) in [5.41, 5.74) is -3.37. The average molecular weight is 769 g/mol. The highest BCUT2D eigenvalue weighted by atomic mass is 16.7. The molecule has 0 aromatic heterocycles. The molecule has 7 rings (SSSR count). The van der Waals surface area contributed by atoms with E-state index in [1.54, 1.807) is 0 Å². The number of fused-ring (bicyclic) bond motifs is 7. The Kier molecular flexibility index (Phi) is 10.4. The lowest BCUT2D eigenvalue weighted by atomic mass is 9.31. The lowest BCUT2D eigenvalue weighted by Gasteiger charge is -2.74. The van der Waals surface area contributed by atoms with Crippen LogP contribution in [0.1, 0.15) is 107 Å². The standard InChI is InChI=1S/C41H68O13/c1-36(2)26(53-34-31(48)28(45)22(44)18-51-34)12-14-39(6)24-9-10-25-38(5)13-11-19(37(3,4)50)20(38)15-27(41(25,8)40(24,7)16-21(43)33(36)39)54-35-32(49)30(47)29(46)23(17-42)52-35/h19-20,22-35,42,44-50H,9-18H2,1-8H3. The summed E-state index contributed by atoms with van der Waals surface area (Å²) in [5, 5.41) is 85.2. The molecule has 2 heterocycles. The van der Waals surface area contributed by atoms with Crippen molar-refractivity contribution >= 4 is 5.78 Å². The van der Waals surface area contributed by atoms with Gasteiger partial charge in [0.2, 0.25) is 0 Å². The minimum absolute atomic E-state index is 0.000446. The van der Waals surface area contributed by atoms with Gasteiger partial charge in [-0.15, -0.1) is 0 Å². The van der Waals surface area contributed by atoms with E-state index in [0.29, 0.717) is 25.7 Å². The highest BCUT2D eigenvalue weighted by molar-refractivity contribution is 5.85. The van der Waals surface area contributed by atoms with Crippen LogP contribution in [0.3, 0.4) is 0 Å². The molecule has 54 heavy (non-hydrogen) atoms. The zero-order valence-electron chi connectivity index (χ0n) is 33.4. The van der Waals surface area contributed by atoms with Crippen molar-refractivity contribution in [3.63, 3.8) is 0 Å². The number of rotatable bonds is 6. The molecule has 20 atom stereocenters. The number of carbonyl (C=O) groups is 1. The largest absolute Gasteiger partial charge is 0.394 e. The summed E-state index contributed by atoms with van der Waals surface area (Å²) >= 11 is 0. The van der Waals surface area contributed by atoms with Crippen LogP contribution >= 0.6 is 0 Å². The summed E-state index contributed by atoms with van der Waals surface area (Å²) in [7, 11) is 0. The first-order valence-electron chi connectivity index (χ1n) is 20.5. The molecular weight excluding hydrogens is 700 g/mol. The molecule has 13 nitrogen and oxygen atoms in total. The molecule has 0 bridgehead atoms. The SMILES string of the molecule is CC(C)(O)C1CCC2(C)C1CC(OC1OC(CO)C(O)C(O)C1O)C1(C)C2CCC2C3(C)CCC(OC4OCC(O)C(O)C4O)C(C)(C)C3C(=O)CC21C. The molecule has 7 aliphatic rings. The maximum Gasteiger partial charge on any atom is 0.186 e. The lowest BCUT2D eigenvalue weighted by Crippen LogP contribution is -2.73. The van der Waals surface area contributed by atoms with Crippen LogP contribution in [0.2, 0.25) is 0 Å². The normalized spacial score (nSPS) is 56.0. The number of hydrogen-bond acceptors (Lipinski definition) is 13. The molecule has 0 spiro atoms. The number of Topliss-reactive ketones (excluding diaryl/α,β-unsaturated/α-hetero) is 1. The third-order valence-corrected chi connectivity index (χ3v) is 17.4. The first kappa shape index (κ1) is 41.4. The summed E-state index contributed by atoms with van der Waals surface area (Å²) in [4.78, 5) is 15.1. The van der Waals surface area contributed by atoms with Crippen molar-refractivity contribution in [3.8, 4) is 0 Å². The second-order valence-corrected chi connectivity index (χ2v) is 20.7. The van der Waals surface area contributed by atoms with Crippen molar-refractivity contribution in [2.45, 2.75) is 180 Å². The number of ether oxygens (including phenoxy) is 4. The molecule has 0 aromatic rings. The number of hydrogen-bond donors (Lipinski definition) is 8. The van der Waals surface area contributed by atoms with Gasteiger partial charge in [0.15, 0.2) is 12.6 Å². The van der Waals surface area contributed by atoms with Gasteiger partial charge in [-0.1, -0.05) is 41.5 Å². The van der Waals surface area contributed by atoms with Crippen molar-refractivity contribution in [3.05, 3.63) is 0 Å². The van der Waals surface area contributed by atoms with Gasteiger partial charge in [-0.25, -0.2) is 0 Å². The zero-order valence-corrected chi connectivity index (χ0v) is 33.4. The molecule has 310 valence electrons. The van der Waals surface area contributed by atoms with Crippen LogP contribution in [0.5, 0.6) is 0 Å². The van der Waals surface area contributed by atoms with E-state index in [2.05, 4.69) is 41.5 Å². The van der Waals surface area contributed by atoms with E-state index in [1.807, 2.05) is 13.8 Å². The van der Waals surface area contributed by atoms with Gasteiger partial charge in [-0.2, -0.15) is 0 Å². The van der Waals surface area contributed by atoms with Gasteiger partial charge in [0.25, 0.3) is 0 Å². The number of ketones is 1. The number of carbonyl (C=O) groups excluding carboxylic acids is 1. The molecule has 2 aliphatic heterocycles. The van der Waals surface area contributed by atoms with Crippen LogP contribution in [-0.4, -0.2) is 133 Å². The number of aliphatic hydroxyl groups excluding tert-OH is 7. The van der Waals surface area contributed by atoms with Crippen LogP contribution in [0.15, 0.2) is 0 Å². The maximum atomic E-state index is 15.1. The second kappa shape index (κ2) is 13.6. The molecule has 13 heteroatoms. The third-order valence-electron chi connectivity index (χ3n) is 17.4. The zero-order chi connectivity index (χ0) is 39.7. The van der Waals surface area contributed by atoms with Gasteiger partial charge in [-0.05, 0) is 98.7 Å². The molecule has 5 aliphatic carbocycles. The smallest absolute Gasteiger partial charge is 0.186 e. The lowest BCUT2D eigenvalue weighted by molar-refractivity contribution is -0.351. The molecule has 8 N–H and O–H groups in total. The fraction of sp³-hybridized carbons (Fsp3) is 0.976. The van der Waals surface area contributed by atoms with Gasteiger partial charge < -0.3 is 59.8 Å². The summed E-state index contributed by atoms with van der Waals surface area (Å²) in [6.45, 7) is 16.3. The van der Waals surface area contributed by atoms with Gasteiger partial charge in [0.1, 0.15) is 48.5 Å². The Morgan fingerprint density at radius 1 is 0.759 bits per heavy atom. The Balaban J connectivity index is 1.25. The molecule has 0 aromatic carbocycles. The van der Waals surface area contributed by atoms with E-state index in [4.69, 9.17) is 18.9 Å². The molecule has 7 fully saturated rings. The Labute approximate surface area is 319 Å². The fourth-order valence-corrected chi connectivity index (χ4v) is 14.7. The molecule has 20 unspecified atom stereocenters. The summed E-state index contributed by atoms with van der Waals surface area (Å²) in [6, 6.07) is 0. The van der Waals surface area contributed by atoms with E-state index in [0.717, 1.165) is 25.7 Å². The van der Waals surface area contributed by atoms with Crippen LogP contribution in [0.4, 0.5) is 0 Å². The van der Waals surface area contributed by atoms with E-state index in [9.17, 15) is 40.9 Å². The predicted molar refractivity (Wildman–Crippen MR) is 193 cm³/mol. The fourth-order valence-electron chi connectivity index (χ4n) is 14.7. The first-order valence-corrected chi connectivity index (χ1v) is 20.5. The first-order chi connectivity index (χ1) is 25.0. The molecular formula is C41H68O13. The van der Waals surface area contributed by atoms with Crippen LogP contribution in [-0.2, 0) is 23.7 Å². The van der Waals surface area contributed by atoms with E-state index in [-0.39, 0.29) is 47.4 Å². The van der Waals surface area contributed by atoms with Crippen molar-refractivity contribution in [2.75, 3.05) is 13.2 Å². The minimum atomic E-state index is -1.59. The van der Waals surface area contributed by atoms with Gasteiger partial charge >= 0.3 is 0 Å². The molecule has 5 saturated carbocycles. The quantitative estimate of drug-likeness (QED) is 0.181. The monoisotopic (exact) mass is 768 g/mol. The predicted octanol–water partition coefficient (Wildman–Crippen LogP) is 1.66. The average Bonchev–Trinajstić information content (AvgIpc) is 3.43. The summed E-state index contributed by atoms with van der Waals surface area (Å²) in [6.07, 6.45) is -7.62. The third kappa shape index (κ3) is 5.79. The molecule has 0 radical (unpaired) electrons. The highest BCUT2D eigenvalue weighted by Gasteiger charge is 2.76. The number of aliphatic hydroxyl groups is 8. The minimum Gasteiger partial charge on any atom is -0.394 e. The van der Waals surface area contributed by atoms with E-state index >= 15 is 4.79 Å². The Morgan fingerprint density at radius 3 is 2.02 bits per heavy atom. The van der Waals surface area contributed by atoms with E-state index in [1.165, 1.54) is 0 Å².